The van der Waals surface area contributed by atoms with Crippen molar-refractivity contribution in [3.05, 3.63) is 34.9 Å². The Morgan fingerprint density at radius 1 is 1.32 bits per heavy atom. The highest BCUT2D eigenvalue weighted by molar-refractivity contribution is 6.31. The molecule has 1 heterocycles. The van der Waals surface area contributed by atoms with Crippen LogP contribution in [0.1, 0.15) is 38.2 Å². The summed E-state index contributed by atoms with van der Waals surface area (Å²) in [5.74, 6) is 0.523. The lowest BCUT2D eigenvalue weighted by Crippen LogP contribution is -2.41. The van der Waals surface area contributed by atoms with Crippen LogP contribution in [0.25, 0.3) is 0 Å². The maximum atomic E-state index is 12.4. The number of nitrogens with zero attached hydrogens (tertiary/aromatic N) is 2. The third kappa shape index (κ3) is 4.72. The summed E-state index contributed by atoms with van der Waals surface area (Å²) in [6, 6.07) is 8.01. The number of benzene rings is 1. The van der Waals surface area contributed by atoms with E-state index in [2.05, 4.69) is 17.9 Å². The minimum absolute atomic E-state index is 0.198. The van der Waals surface area contributed by atoms with Crippen molar-refractivity contribution in [2.24, 2.45) is 5.92 Å². The molecule has 2 rings (SSSR count). The van der Waals surface area contributed by atoms with E-state index < -0.39 is 0 Å². The number of carbonyl (C=O) groups is 1. The highest BCUT2D eigenvalue weighted by atomic mass is 35.5. The van der Waals surface area contributed by atoms with Crippen LogP contribution in [0.4, 0.5) is 0 Å². The van der Waals surface area contributed by atoms with Gasteiger partial charge >= 0.3 is 0 Å². The Morgan fingerprint density at radius 3 is 2.64 bits per heavy atom. The SMILES string of the molecule is CCCCN(C)C(=O)C1CCN(Cc2ccccc2Cl)CC1. The summed E-state index contributed by atoms with van der Waals surface area (Å²) in [5, 5.41) is 0.833. The smallest absolute Gasteiger partial charge is 0.225 e. The molecular formula is C18H27ClN2O. The molecular weight excluding hydrogens is 296 g/mol. The van der Waals surface area contributed by atoms with E-state index in [1.165, 1.54) is 5.56 Å². The van der Waals surface area contributed by atoms with Gasteiger partial charge in [0.15, 0.2) is 0 Å². The molecule has 1 amide bonds. The molecule has 1 aromatic rings. The highest BCUT2D eigenvalue weighted by Gasteiger charge is 2.27. The van der Waals surface area contributed by atoms with Crippen LogP contribution in [0.3, 0.4) is 0 Å². The Hall–Kier alpha value is -1.06. The number of piperidine rings is 1. The average Bonchev–Trinajstić information content (AvgIpc) is 2.55. The molecule has 4 heteroatoms. The van der Waals surface area contributed by atoms with Gasteiger partial charge in [0.1, 0.15) is 0 Å². The second kappa shape index (κ2) is 8.54. The molecule has 0 radical (unpaired) electrons. The van der Waals surface area contributed by atoms with Gasteiger partial charge in [-0.1, -0.05) is 43.1 Å². The monoisotopic (exact) mass is 322 g/mol. The van der Waals surface area contributed by atoms with Crippen molar-refractivity contribution < 1.29 is 4.79 Å². The van der Waals surface area contributed by atoms with Crippen molar-refractivity contribution in [1.29, 1.82) is 0 Å². The fraction of sp³-hybridized carbons (Fsp3) is 0.611. The predicted molar refractivity (Wildman–Crippen MR) is 92.0 cm³/mol. The topological polar surface area (TPSA) is 23.6 Å². The predicted octanol–water partition coefficient (Wildman–Crippen LogP) is 3.81. The minimum Gasteiger partial charge on any atom is -0.346 e. The second-order valence-corrected chi connectivity index (χ2v) is 6.66. The lowest BCUT2D eigenvalue weighted by atomic mass is 9.95. The number of hydrogen-bond acceptors (Lipinski definition) is 2. The van der Waals surface area contributed by atoms with Gasteiger partial charge < -0.3 is 4.90 Å². The van der Waals surface area contributed by atoms with Crippen LogP contribution in [0.5, 0.6) is 0 Å². The van der Waals surface area contributed by atoms with E-state index in [9.17, 15) is 4.79 Å². The Morgan fingerprint density at radius 2 is 2.00 bits per heavy atom. The lowest BCUT2D eigenvalue weighted by Gasteiger charge is -2.33. The van der Waals surface area contributed by atoms with Crippen molar-refractivity contribution in [1.82, 2.24) is 9.80 Å². The molecule has 22 heavy (non-hydrogen) atoms. The van der Waals surface area contributed by atoms with Gasteiger partial charge in [0.2, 0.25) is 5.91 Å². The number of amides is 1. The molecule has 0 N–H and O–H groups in total. The number of unbranched alkanes of at least 4 members (excludes halogenated alkanes) is 1. The van der Waals surface area contributed by atoms with Crippen molar-refractivity contribution in [2.45, 2.75) is 39.2 Å². The molecule has 0 unspecified atom stereocenters. The van der Waals surface area contributed by atoms with E-state index in [4.69, 9.17) is 11.6 Å². The van der Waals surface area contributed by atoms with Crippen LogP contribution in [0.2, 0.25) is 5.02 Å². The number of carbonyl (C=O) groups excluding carboxylic acids is 1. The number of halogens is 1. The van der Waals surface area contributed by atoms with E-state index in [1.54, 1.807) is 0 Å². The maximum Gasteiger partial charge on any atom is 0.225 e. The number of hydrogen-bond donors (Lipinski definition) is 0. The van der Waals surface area contributed by atoms with E-state index in [0.717, 1.165) is 56.9 Å². The first kappa shape index (κ1) is 17.3. The number of rotatable bonds is 6. The largest absolute Gasteiger partial charge is 0.346 e. The third-order valence-electron chi connectivity index (χ3n) is 4.51. The number of likely N-dealkylation sites (tertiary alicyclic amines) is 1. The van der Waals surface area contributed by atoms with Gasteiger partial charge in [0.25, 0.3) is 0 Å². The molecule has 0 aliphatic carbocycles. The van der Waals surface area contributed by atoms with Crippen molar-refractivity contribution in [3.8, 4) is 0 Å². The molecule has 1 aliphatic rings. The lowest BCUT2D eigenvalue weighted by molar-refractivity contribution is -0.135. The van der Waals surface area contributed by atoms with Crippen LogP contribution >= 0.6 is 11.6 Å². The normalized spacial score (nSPS) is 16.7. The minimum atomic E-state index is 0.198. The Labute approximate surface area is 139 Å². The Balaban J connectivity index is 1.80. The van der Waals surface area contributed by atoms with Gasteiger partial charge in [-0.05, 0) is 44.0 Å². The first-order chi connectivity index (χ1) is 10.6. The standard InChI is InChI=1S/C18H27ClN2O/c1-3-4-11-20(2)18(22)15-9-12-21(13-10-15)14-16-7-5-6-8-17(16)19/h5-8,15H,3-4,9-14H2,1-2H3. The third-order valence-corrected chi connectivity index (χ3v) is 4.88. The molecule has 1 fully saturated rings. The zero-order valence-electron chi connectivity index (χ0n) is 13.7. The summed E-state index contributed by atoms with van der Waals surface area (Å²) in [5.41, 5.74) is 1.18. The highest BCUT2D eigenvalue weighted by Crippen LogP contribution is 2.23. The zero-order valence-corrected chi connectivity index (χ0v) is 14.5. The van der Waals surface area contributed by atoms with Crippen LogP contribution in [0.15, 0.2) is 24.3 Å². The summed E-state index contributed by atoms with van der Waals surface area (Å²) in [6.07, 6.45) is 4.14. The Bertz CT molecular complexity index is 484. The molecule has 3 nitrogen and oxygen atoms in total. The van der Waals surface area contributed by atoms with Gasteiger partial charge in [-0.3, -0.25) is 9.69 Å². The van der Waals surface area contributed by atoms with Gasteiger partial charge in [0.05, 0.1) is 0 Å². The first-order valence-electron chi connectivity index (χ1n) is 8.32. The van der Waals surface area contributed by atoms with Crippen LogP contribution < -0.4 is 0 Å². The van der Waals surface area contributed by atoms with Crippen molar-refractivity contribution in [3.63, 3.8) is 0 Å². The summed E-state index contributed by atoms with van der Waals surface area (Å²) < 4.78 is 0. The first-order valence-corrected chi connectivity index (χ1v) is 8.70. The van der Waals surface area contributed by atoms with Gasteiger partial charge in [-0.25, -0.2) is 0 Å². The van der Waals surface area contributed by atoms with Crippen LogP contribution in [-0.4, -0.2) is 42.4 Å². The van der Waals surface area contributed by atoms with E-state index in [0.29, 0.717) is 5.91 Å². The summed E-state index contributed by atoms with van der Waals surface area (Å²) >= 11 is 6.23. The average molecular weight is 323 g/mol. The molecule has 1 aliphatic heterocycles. The molecule has 0 bridgehead atoms. The summed E-state index contributed by atoms with van der Waals surface area (Å²) in [4.78, 5) is 16.7. The fourth-order valence-electron chi connectivity index (χ4n) is 3.02. The molecule has 0 saturated carbocycles. The molecule has 0 spiro atoms. The van der Waals surface area contributed by atoms with E-state index in [1.807, 2.05) is 30.1 Å². The molecule has 1 saturated heterocycles. The van der Waals surface area contributed by atoms with Crippen LogP contribution in [0, 0.1) is 5.92 Å². The Kier molecular flexibility index (Phi) is 6.71. The van der Waals surface area contributed by atoms with Gasteiger partial charge in [0, 0.05) is 31.1 Å². The zero-order chi connectivity index (χ0) is 15.9. The van der Waals surface area contributed by atoms with Crippen molar-refractivity contribution in [2.75, 3.05) is 26.7 Å². The molecule has 122 valence electrons. The van der Waals surface area contributed by atoms with Gasteiger partial charge in [-0.15, -0.1) is 0 Å². The van der Waals surface area contributed by atoms with Crippen molar-refractivity contribution >= 4 is 17.5 Å². The quantitative estimate of drug-likeness (QED) is 0.795. The van der Waals surface area contributed by atoms with Crippen LogP contribution in [-0.2, 0) is 11.3 Å². The molecule has 0 aromatic heterocycles. The maximum absolute atomic E-state index is 12.4. The molecule has 0 atom stereocenters. The molecule has 1 aromatic carbocycles. The van der Waals surface area contributed by atoms with E-state index in [-0.39, 0.29) is 5.92 Å². The van der Waals surface area contributed by atoms with E-state index >= 15 is 0 Å². The summed E-state index contributed by atoms with van der Waals surface area (Å²) in [6.45, 7) is 5.87. The second-order valence-electron chi connectivity index (χ2n) is 6.26. The van der Waals surface area contributed by atoms with Gasteiger partial charge in [-0.2, -0.15) is 0 Å². The summed E-state index contributed by atoms with van der Waals surface area (Å²) in [7, 11) is 1.94. The fourth-order valence-corrected chi connectivity index (χ4v) is 3.22.